The summed E-state index contributed by atoms with van der Waals surface area (Å²) in [4.78, 5) is 16.3. The van der Waals surface area contributed by atoms with E-state index in [1.807, 2.05) is 6.07 Å². The summed E-state index contributed by atoms with van der Waals surface area (Å²) in [5.74, 6) is -0.257. The molecule has 1 aliphatic rings. The lowest BCUT2D eigenvalue weighted by atomic mass is 10.0. The van der Waals surface area contributed by atoms with Crippen LogP contribution in [0.4, 0.5) is 18.0 Å². The summed E-state index contributed by atoms with van der Waals surface area (Å²) in [6.07, 6.45) is 0. The molecule has 0 aromatic heterocycles. The zero-order valence-electron chi connectivity index (χ0n) is 17.3. The molecule has 1 fully saturated rings. The van der Waals surface area contributed by atoms with E-state index in [1.54, 1.807) is 25.2 Å². The second-order valence-corrected chi connectivity index (χ2v) is 7.28. The molecule has 2 aromatic carbocycles. The minimum absolute atomic E-state index is 0.0642. The number of alkyl halides is 2. The maximum Gasteiger partial charge on any atom is 0.387 e. The first kappa shape index (κ1) is 22.9. The molecule has 6 nitrogen and oxygen atoms in total. The van der Waals surface area contributed by atoms with E-state index in [9.17, 15) is 18.0 Å². The molecule has 2 aromatic rings. The van der Waals surface area contributed by atoms with E-state index in [-0.39, 0.29) is 23.6 Å². The SMILES string of the molecule is CN(Cc1ccc(OC(F)F)cc1)C(=O)NCC(c1cccc(F)c1)N1CCOCC1. The molecule has 0 spiro atoms. The van der Waals surface area contributed by atoms with Crippen molar-refractivity contribution in [2.75, 3.05) is 39.9 Å². The predicted molar refractivity (Wildman–Crippen MR) is 109 cm³/mol. The van der Waals surface area contributed by atoms with E-state index < -0.39 is 6.61 Å². The van der Waals surface area contributed by atoms with Crippen molar-refractivity contribution >= 4 is 6.03 Å². The van der Waals surface area contributed by atoms with Crippen molar-refractivity contribution in [3.8, 4) is 5.75 Å². The lowest BCUT2D eigenvalue weighted by Gasteiger charge is -2.35. The maximum atomic E-state index is 13.8. The number of morpholine rings is 1. The van der Waals surface area contributed by atoms with Gasteiger partial charge in [-0.2, -0.15) is 8.78 Å². The summed E-state index contributed by atoms with van der Waals surface area (Å²) in [7, 11) is 1.64. The minimum Gasteiger partial charge on any atom is -0.435 e. The monoisotopic (exact) mass is 437 g/mol. The molecule has 0 radical (unpaired) electrons. The molecule has 3 rings (SSSR count). The zero-order chi connectivity index (χ0) is 22.2. The van der Waals surface area contributed by atoms with Crippen molar-refractivity contribution in [3.05, 3.63) is 65.5 Å². The molecule has 1 saturated heterocycles. The fourth-order valence-corrected chi connectivity index (χ4v) is 3.50. The molecular weight excluding hydrogens is 411 g/mol. The van der Waals surface area contributed by atoms with E-state index in [2.05, 4.69) is 15.0 Å². The van der Waals surface area contributed by atoms with Gasteiger partial charge in [0.15, 0.2) is 0 Å². The summed E-state index contributed by atoms with van der Waals surface area (Å²) >= 11 is 0. The van der Waals surface area contributed by atoms with Crippen molar-refractivity contribution < 1.29 is 27.4 Å². The number of urea groups is 1. The smallest absolute Gasteiger partial charge is 0.387 e. The number of hydrogen-bond acceptors (Lipinski definition) is 4. The molecule has 9 heteroatoms. The number of carbonyl (C=O) groups excluding carboxylic acids is 1. The molecular formula is C22H26F3N3O3. The molecule has 0 saturated carbocycles. The number of benzene rings is 2. The van der Waals surface area contributed by atoms with Crippen LogP contribution in [-0.4, -0.2) is 62.3 Å². The van der Waals surface area contributed by atoms with Gasteiger partial charge in [-0.15, -0.1) is 0 Å². The van der Waals surface area contributed by atoms with Crippen LogP contribution in [-0.2, 0) is 11.3 Å². The number of nitrogens with zero attached hydrogens (tertiary/aromatic N) is 2. The minimum atomic E-state index is -2.88. The van der Waals surface area contributed by atoms with Crippen molar-refractivity contribution in [1.82, 2.24) is 15.1 Å². The molecule has 0 bridgehead atoms. The van der Waals surface area contributed by atoms with Gasteiger partial charge in [0.25, 0.3) is 0 Å². The highest BCUT2D eigenvalue weighted by molar-refractivity contribution is 5.73. The number of carbonyl (C=O) groups is 1. The molecule has 0 aliphatic carbocycles. The molecule has 1 aliphatic heterocycles. The first-order valence-electron chi connectivity index (χ1n) is 10.0. The normalized spacial score (nSPS) is 15.5. The van der Waals surface area contributed by atoms with Gasteiger partial charge in [0.1, 0.15) is 11.6 Å². The van der Waals surface area contributed by atoms with Crippen molar-refractivity contribution in [2.24, 2.45) is 0 Å². The summed E-state index contributed by atoms with van der Waals surface area (Å²) in [6, 6.07) is 12.1. The van der Waals surface area contributed by atoms with E-state index in [1.165, 1.54) is 29.2 Å². The Balaban J connectivity index is 1.59. The summed E-state index contributed by atoms with van der Waals surface area (Å²) in [5, 5.41) is 2.91. The highest BCUT2D eigenvalue weighted by Gasteiger charge is 2.24. The van der Waals surface area contributed by atoms with Crippen LogP contribution >= 0.6 is 0 Å². The Morgan fingerprint density at radius 3 is 2.55 bits per heavy atom. The number of amides is 2. The average Bonchev–Trinajstić information content (AvgIpc) is 2.75. The van der Waals surface area contributed by atoms with Gasteiger partial charge in [0.05, 0.1) is 19.3 Å². The van der Waals surface area contributed by atoms with E-state index in [0.717, 1.165) is 11.1 Å². The van der Waals surface area contributed by atoms with Crippen LogP contribution in [0.5, 0.6) is 5.75 Å². The van der Waals surface area contributed by atoms with Gasteiger partial charge < -0.3 is 19.7 Å². The van der Waals surface area contributed by atoms with Gasteiger partial charge in [-0.3, -0.25) is 4.90 Å². The second kappa shape index (κ2) is 11.0. The Kier molecular flexibility index (Phi) is 8.13. The van der Waals surface area contributed by atoms with Crippen LogP contribution in [0, 0.1) is 5.82 Å². The van der Waals surface area contributed by atoms with Gasteiger partial charge in [-0.05, 0) is 35.4 Å². The number of nitrogens with one attached hydrogen (secondary N) is 1. The molecule has 31 heavy (non-hydrogen) atoms. The molecule has 1 heterocycles. The summed E-state index contributed by atoms with van der Waals surface area (Å²) in [6.45, 7) is 0.295. The third-order valence-corrected chi connectivity index (χ3v) is 5.08. The fraction of sp³-hybridized carbons (Fsp3) is 0.409. The molecule has 2 amide bonds. The predicted octanol–water partition coefficient (Wildman–Crippen LogP) is 3.64. The maximum absolute atomic E-state index is 13.8. The third kappa shape index (κ3) is 6.86. The van der Waals surface area contributed by atoms with Crippen LogP contribution in [0.1, 0.15) is 17.2 Å². The zero-order valence-corrected chi connectivity index (χ0v) is 17.3. The number of ether oxygens (including phenoxy) is 2. The first-order valence-corrected chi connectivity index (χ1v) is 10.0. The lowest BCUT2D eigenvalue weighted by Crippen LogP contribution is -2.46. The summed E-state index contributed by atoms with van der Waals surface area (Å²) < 4.78 is 48.0. The average molecular weight is 437 g/mol. The standard InChI is InChI=1S/C22H26F3N3O3/c1-27(15-16-5-7-19(8-6-16)31-21(24)25)22(29)26-14-20(28-9-11-30-12-10-28)17-3-2-4-18(23)13-17/h2-8,13,20-21H,9-12,14-15H2,1H3,(H,26,29). The molecule has 1 N–H and O–H groups in total. The Morgan fingerprint density at radius 1 is 1.19 bits per heavy atom. The molecule has 1 atom stereocenters. The quantitative estimate of drug-likeness (QED) is 0.685. The van der Waals surface area contributed by atoms with Crippen molar-refractivity contribution in [2.45, 2.75) is 19.2 Å². The van der Waals surface area contributed by atoms with Crippen LogP contribution < -0.4 is 10.1 Å². The van der Waals surface area contributed by atoms with Crippen LogP contribution in [0.15, 0.2) is 48.5 Å². The van der Waals surface area contributed by atoms with Crippen molar-refractivity contribution in [3.63, 3.8) is 0 Å². The highest BCUT2D eigenvalue weighted by atomic mass is 19.3. The Hall–Kier alpha value is -2.78. The van der Waals surface area contributed by atoms with Crippen LogP contribution in [0.2, 0.25) is 0 Å². The molecule has 168 valence electrons. The van der Waals surface area contributed by atoms with Crippen LogP contribution in [0.25, 0.3) is 0 Å². The van der Waals surface area contributed by atoms with Gasteiger partial charge >= 0.3 is 12.6 Å². The Bertz CT molecular complexity index is 845. The van der Waals surface area contributed by atoms with Gasteiger partial charge in [-0.1, -0.05) is 24.3 Å². The van der Waals surface area contributed by atoms with E-state index in [4.69, 9.17) is 4.74 Å². The number of halogens is 3. The topological polar surface area (TPSA) is 54.0 Å². The first-order chi connectivity index (χ1) is 14.9. The lowest BCUT2D eigenvalue weighted by molar-refractivity contribution is -0.0498. The highest BCUT2D eigenvalue weighted by Crippen LogP contribution is 2.22. The van der Waals surface area contributed by atoms with Crippen LogP contribution in [0.3, 0.4) is 0 Å². The third-order valence-electron chi connectivity index (χ3n) is 5.08. The summed E-state index contributed by atoms with van der Waals surface area (Å²) in [5.41, 5.74) is 1.56. The van der Waals surface area contributed by atoms with E-state index in [0.29, 0.717) is 39.4 Å². The van der Waals surface area contributed by atoms with Crippen molar-refractivity contribution in [1.29, 1.82) is 0 Å². The Morgan fingerprint density at radius 2 is 1.90 bits per heavy atom. The van der Waals surface area contributed by atoms with Gasteiger partial charge in [0.2, 0.25) is 0 Å². The largest absolute Gasteiger partial charge is 0.435 e. The molecule has 1 unspecified atom stereocenters. The number of rotatable bonds is 8. The van der Waals surface area contributed by atoms with Gasteiger partial charge in [-0.25, -0.2) is 9.18 Å². The number of hydrogen-bond donors (Lipinski definition) is 1. The fourth-order valence-electron chi connectivity index (χ4n) is 3.50. The van der Waals surface area contributed by atoms with Gasteiger partial charge in [0, 0.05) is 33.2 Å². The Labute approximate surface area is 179 Å². The van der Waals surface area contributed by atoms with E-state index >= 15 is 0 Å². The second-order valence-electron chi connectivity index (χ2n) is 7.28.